The van der Waals surface area contributed by atoms with Gasteiger partial charge in [-0.3, -0.25) is 4.79 Å². The Bertz CT molecular complexity index is 839. The molecule has 2 aromatic carbocycles. The van der Waals surface area contributed by atoms with Crippen molar-refractivity contribution in [1.29, 1.82) is 0 Å². The number of likely N-dealkylation sites (tertiary alicyclic amines) is 1. The van der Waals surface area contributed by atoms with Crippen molar-refractivity contribution in [3.05, 3.63) is 65.7 Å². The van der Waals surface area contributed by atoms with E-state index in [0.717, 1.165) is 16.9 Å². The van der Waals surface area contributed by atoms with E-state index < -0.39 is 12.0 Å². The largest absolute Gasteiger partial charge is 0.489 e. The fourth-order valence-electron chi connectivity index (χ4n) is 3.80. The second-order valence-corrected chi connectivity index (χ2v) is 8.83. The Morgan fingerprint density at radius 3 is 2.28 bits per heavy atom. The number of aliphatic carboxylic acids is 1. The molecule has 3 rings (SSSR count). The van der Waals surface area contributed by atoms with Gasteiger partial charge in [-0.05, 0) is 41.5 Å². The van der Waals surface area contributed by atoms with E-state index in [2.05, 4.69) is 0 Å². The Morgan fingerprint density at radius 2 is 1.69 bits per heavy atom. The molecule has 1 saturated heterocycles. The third-order valence-electron chi connectivity index (χ3n) is 5.15. The monoisotopic (exact) mass is 395 g/mol. The minimum atomic E-state index is -0.933. The Labute approximate surface area is 172 Å². The van der Waals surface area contributed by atoms with Crippen molar-refractivity contribution in [3.8, 4) is 5.75 Å². The van der Waals surface area contributed by atoms with Crippen molar-refractivity contribution in [2.24, 2.45) is 5.41 Å². The van der Waals surface area contributed by atoms with Crippen LogP contribution in [0.4, 0.5) is 0 Å². The van der Waals surface area contributed by atoms with Gasteiger partial charge in [0.2, 0.25) is 5.91 Å². The standard InChI is InChI=1S/C24H29NO4/c1-24(2,3)15-22(26)25-20(13-14-21(25)23(27)28)18-9-11-19(12-10-18)29-16-17-7-5-4-6-8-17/h4-12,20-21H,13-16H2,1-3H3,(H,27,28)/t20-,21-/m0/s1. The minimum Gasteiger partial charge on any atom is -0.489 e. The normalized spacial score (nSPS) is 19.2. The molecule has 2 atom stereocenters. The van der Waals surface area contributed by atoms with Crippen molar-refractivity contribution in [1.82, 2.24) is 4.90 Å². The van der Waals surface area contributed by atoms with E-state index in [1.54, 1.807) is 4.90 Å². The fraction of sp³-hybridized carbons (Fsp3) is 0.417. The Kier molecular flexibility index (Phi) is 6.26. The fourth-order valence-corrected chi connectivity index (χ4v) is 3.80. The van der Waals surface area contributed by atoms with Crippen molar-refractivity contribution in [2.45, 2.75) is 58.7 Å². The van der Waals surface area contributed by atoms with Crippen LogP contribution in [0.3, 0.4) is 0 Å². The van der Waals surface area contributed by atoms with Gasteiger partial charge in [0, 0.05) is 6.42 Å². The van der Waals surface area contributed by atoms with Crippen LogP contribution in [0, 0.1) is 5.41 Å². The molecule has 5 nitrogen and oxygen atoms in total. The summed E-state index contributed by atoms with van der Waals surface area (Å²) < 4.78 is 5.83. The minimum absolute atomic E-state index is 0.100. The summed E-state index contributed by atoms with van der Waals surface area (Å²) >= 11 is 0. The maximum absolute atomic E-state index is 12.9. The Morgan fingerprint density at radius 1 is 1.03 bits per heavy atom. The van der Waals surface area contributed by atoms with Crippen LogP contribution in [-0.4, -0.2) is 27.9 Å². The van der Waals surface area contributed by atoms with Gasteiger partial charge in [-0.1, -0.05) is 63.2 Å². The van der Waals surface area contributed by atoms with Gasteiger partial charge in [0.25, 0.3) is 0 Å². The van der Waals surface area contributed by atoms with Crippen LogP contribution in [0.25, 0.3) is 0 Å². The van der Waals surface area contributed by atoms with E-state index >= 15 is 0 Å². The van der Waals surface area contributed by atoms with E-state index in [1.165, 1.54) is 0 Å². The molecular formula is C24H29NO4. The van der Waals surface area contributed by atoms with Crippen molar-refractivity contribution in [3.63, 3.8) is 0 Å². The number of amides is 1. The molecule has 1 heterocycles. The van der Waals surface area contributed by atoms with Gasteiger partial charge in [0.1, 0.15) is 18.4 Å². The van der Waals surface area contributed by atoms with Gasteiger partial charge in [-0.15, -0.1) is 0 Å². The molecule has 1 amide bonds. The second-order valence-electron chi connectivity index (χ2n) is 8.83. The Balaban J connectivity index is 1.73. The van der Waals surface area contributed by atoms with E-state index in [0.29, 0.717) is 25.9 Å². The molecule has 0 aliphatic carbocycles. The summed E-state index contributed by atoms with van der Waals surface area (Å²) in [6.07, 6.45) is 1.45. The lowest BCUT2D eigenvalue weighted by Crippen LogP contribution is -2.43. The number of ether oxygens (including phenoxy) is 1. The molecular weight excluding hydrogens is 366 g/mol. The first kappa shape index (κ1) is 20.9. The zero-order chi connectivity index (χ0) is 21.0. The number of carbonyl (C=O) groups excluding carboxylic acids is 1. The van der Waals surface area contributed by atoms with Crippen LogP contribution in [-0.2, 0) is 16.2 Å². The molecule has 1 aliphatic rings. The molecule has 0 bridgehead atoms. The molecule has 29 heavy (non-hydrogen) atoms. The third kappa shape index (κ3) is 5.37. The lowest BCUT2D eigenvalue weighted by molar-refractivity contribution is -0.150. The molecule has 2 aromatic rings. The molecule has 0 saturated carbocycles. The van der Waals surface area contributed by atoms with E-state index in [-0.39, 0.29) is 17.4 Å². The van der Waals surface area contributed by atoms with Crippen LogP contribution < -0.4 is 4.74 Å². The number of benzene rings is 2. The summed E-state index contributed by atoms with van der Waals surface area (Å²) in [6, 6.07) is 16.6. The summed E-state index contributed by atoms with van der Waals surface area (Å²) in [4.78, 5) is 26.2. The van der Waals surface area contributed by atoms with Gasteiger partial charge < -0.3 is 14.7 Å². The predicted molar refractivity (Wildman–Crippen MR) is 112 cm³/mol. The first-order valence-corrected chi connectivity index (χ1v) is 10.1. The number of carbonyl (C=O) groups is 2. The van der Waals surface area contributed by atoms with Gasteiger partial charge in [0.05, 0.1) is 6.04 Å². The van der Waals surface area contributed by atoms with Gasteiger partial charge >= 0.3 is 5.97 Å². The predicted octanol–water partition coefficient (Wildman–Crippen LogP) is 4.82. The van der Waals surface area contributed by atoms with E-state index in [1.807, 2.05) is 75.4 Å². The zero-order valence-corrected chi connectivity index (χ0v) is 17.3. The van der Waals surface area contributed by atoms with Gasteiger partial charge in [-0.2, -0.15) is 0 Å². The van der Waals surface area contributed by atoms with Gasteiger partial charge in [-0.25, -0.2) is 4.79 Å². The summed E-state index contributed by atoms with van der Waals surface area (Å²) in [7, 11) is 0. The van der Waals surface area contributed by atoms with Crippen molar-refractivity contribution < 1.29 is 19.4 Å². The Hall–Kier alpha value is -2.82. The highest BCUT2D eigenvalue weighted by Crippen LogP contribution is 2.38. The van der Waals surface area contributed by atoms with Crippen LogP contribution in [0.5, 0.6) is 5.75 Å². The number of carboxylic acid groups (broad SMARTS) is 1. The molecule has 0 aromatic heterocycles. The zero-order valence-electron chi connectivity index (χ0n) is 17.3. The number of nitrogens with zero attached hydrogens (tertiary/aromatic N) is 1. The molecule has 1 N–H and O–H groups in total. The number of hydrogen-bond acceptors (Lipinski definition) is 3. The number of hydrogen-bond donors (Lipinski definition) is 1. The SMILES string of the molecule is CC(C)(C)CC(=O)N1[C@H](C(=O)O)CC[C@H]1c1ccc(OCc2ccccc2)cc1. The van der Waals surface area contributed by atoms with Crippen LogP contribution in [0.15, 0.2) is 54.6 Å². The highest BCUT2D eigenvalue weighted by Gasteiger charge is 2.42. The molecule has 1 aliphatic heterocycles. The summed E-state index contributed by atoms with van der Waals surface area (Å²) in [5, 5.41) is 9.60. The molecule has 5 heteroatoms. The topological polar surface area (TPSA) is 66.8 Å². The lowest BCUT2D eigenvalue weighted by atomic mass is 9.91. The summed E-state index contributed by atoms with van der Waals surface area (Å²) in [5.41, 5.74) is 1.85. The first-order chi connectivity index (χ1) is 13.7. The molecule has 1 fully saturated rings. The first-order valence-electron chi connectivity index (χ1n) is 10.1. The highest BCUT2D eigenvalue weighted by molar-refractivity contribution is 5.85. The number of carboxylic acids is 1. The molecule has 0 spiro atoms. The average molecular weight is 395 g/mol. The van der Waals surface area contributed by atoms with Crippen molar-refractivity contribution in [2.75, 3.05) is 0 Å². The van der Waals surface area contributed by atoms with Gasteiger partial charge in [0.15, 0.2) is 0 Å². The number of rotatable bonds is 6. The molecule has 0 radical (unpaired) electrons. The average Bonchev–Trinajstić information content (AvgIpc) is 3.12. The quantitative estimate of drug-likeness (QED) is 0.762. The summed E-state index contributed by atoms with van der Waals surface area (Å²) in [6.45, 7) is 6.46. The maximum atomic E-state index is 12.9. The van der Waals surface area contributed by atoms with E-state index in [4.69, 9.17) is 4.74 Å². The third-order valence-corrected chi connectivity index (χ3v) is 5.15. The highest BCUT2D eigenvalue weighted by atomic mass is 16.5. The lowest BCUT2D eigenvalue weighted by Gasteiger charge is -2.31. The van der Waals surface area contributed by atoms with Crippen molar-refractivity contribution >= 4 is 11.9 Å². The summed E-state index contributed by atoms with van der Waals surface area (Å²) in [5.74, 6) is -0.285. The smallest absolute Gasteiger partial charge is 0.326 e. The molecule has 154 valence electrons. The van der Waals surface area contributed by atoms with Crippen LogP contribution in [0.1, 0.15) is 57.2 Å². The van der Waals surface area contributed by atoms with E-state index in [9.17, 15) is 14.7 Å². The molecule has 0 unspecified atom stereocenters. The second kappa shape index (κ2) is 8.68. The maximum Gasteiger partial charge on any atom is 0.326 e. The van der Waals surface area contributed by atoms with Crippen LogP contribution >= 0.6 is 0 Å². The van der Waals surface area contributed by atoms with Crippen LogP contribution in [0.2, 0.25) is 0 Å².